The Labute approximate surface area is 74.8 Å². The molecule has 0 spiro atoms. The van der Waals surface area contributed by atoms with Crippen LogP contribution in [0.3, 0.4) is 0 Å². The second-order valence-corrected chi connectivity index (χ2v) is 2.64. The molecule has 0 atom stereocenters. The van der Waals surface area contributed by atoms with E-state index in [-0.39, 0.29) is 0 Å². The average Bonchev–Trinajstić information content (AvgIpc) is 2.08. The van der Waals surface area contributed by atoms with Crippen molar-refractivity contribution in [1.29, 1.82) is 10.8 Å². The summed E-state index contributed by atoms with van der Waals surface area (Å²) in [5, 5.41) is 14.8. The number of nitrogens with one attached hydrogen (secondary N) is 2. The molecule has 0 aromatic carbocycles. The van der Waals surface area contributed by atoms with Crippen LogP contribution in [0.15, 0.2) is 0 Å². The number of nitrogens with zero attached hydrogens (tertiary/aromatic N) is 1. The van der Waals surface area contributed by atoms with Gasteiger partial charge in [-0.05, 0) is 19.8 Å². The zero-order valence-electron chi connectivity index (χ0n) is 8.28. The van der Waals surface area contributed by atoms with Gasteiger partial charge in [0.05, 0.1) is 5.84 Å². The summed E-state index contributed by atoms with van der Waals surface area (Å²) in [6.45, 7) is 6.61. The van der Waals surface area contributed by atoms with Gasteiger partial charge in [-0.25, -0.2) is 0 Å². The van der Waals surface area contributed by atoms with E-state index < -0.39 is 0 Å². The highest BCUT2D eigenvalue weighted by Gasteiger charge is 2.15. The lowest BCUT2D eigenvalue weighted by molar-refractivity contribution is 0.497. The van der Waals surface area contributed by atoms with E-state index in [2.05, 4.69) is 0 Å². The van der Waals surface area contributed by atoms with E-state index in [4.69, 9.17) is 10.8 Å². The average molecular weight is 169 g/mol. The molecule has 0 bridgehead atoms. The van der Waals surface area contributed by atoms with Gasteiger partial charge in [0, 0.05) is 13.0 Å². The minimum atomic E-state index is 0.504. The van der Waals surface area contributed by atoms with E-state index in [1.807, 2.05) is 13.8 Å². The second-order valence-electron chi connectivity index (χ2n) is 2.64. The lowest BCUT2D eigenvalue weighted by Crippen LogP contribution is -2.37. The first-order valence-electron chi connectivity index (χ1n) is 4.62. The molecule has 1 rings (SSSR count). The Morgan fingerprint density at radius 3 is 2.25 bits per heavy atom. The standard InChI is InChI=1S/C7H13N3.C2H6/c1-6(8)10-5-3-2-4-7(10)9;1-2/h8-9H,2-5H2,1H3;1-2H3. The van der Waals surface area contributed by atoms with Gasteiger partial charge in [-0.15, -0.1) is 0 Å². The molecule has 2 N–H and O–H groups in total. The number of rotatable bonds is 0. The van der Waals surface area contributed by atoms with Gasteiger partial charge in [-0.1, -0.05) is 13.8 Å². The van der Waals surface area contributed by atoms with Crippen molar-refractivity contribution in [3.05, 3.63) is 0 Å². The third kappa shape index (κ3) is 3.03. The van der Waals surface area contributed by atoms with E-state index in [0.717, 1.165) is 25.8 Å². The Morgan fingerprint density at radius 2 is 1.92 bits per heavy atom. The van der Waals surface area contributed by atoms with Gasteiger partial charge in [0.25, 0.3) is 0 Å². The van der Waals surface area contributed by atoms with Gasteiger partial charge in [0.15, 0.2) is 0 Å². The molecule has 0 aromatic rings. The van der Waals surface area contributed by atoms with Crippen LogP contribution in [0.2, 0.25) is 0 Å². The third-order valence-electron chi connectivity index (χ3n) is 1.78. The molecule has 70 valence electrons. The van der Waals surface area contributed by atoms with E-state index in [1.54, 1.807) is 11.8 Å². The first-order chi connectivity index (χ1) is 5.72. The van der Waals surface area contributed by atoms with Crippen molar-refractivity contribution in [3.63, 3.8) is 0 Å². The monoisotopic (exact) mass is 169 g/mol. The maximum atomic E-state index is 7.46. The molecule has 1 aliphatic rings. The van der Waals surface area contributed by atoms with E-state index in [9.17, 15) is 0 Å². The summed E-state index contributed by atoms with van der Waals surface area (Å²) < 4.78 is 0. The molecule has 0 aliphatic carbocycles. The fourth-order valence-corrected chi connectivity index (χ4v) is 1.20. The number of amidine groups is 2. The SMILES string of the molecule is CC.CC(=N)N1CCCCC1=N. The second kappa shape index (κ2) is 5.75. The summed E-state index contributed by atoms with van der Waals surface area (Å²) in [5.41, 5.74) is 0. The van der Waals surface area contributed by atoms with E-state index in [1.165, 1.54) is 0 Å². The summed E-state index contributed by atoms with van der Waals surface area (Å²) in [4.78, 5) is 1.77. The summed E-state index contributed by atoms with van der Waals surface area (Å²) in [5.74, 6) is 1.11. The fourth-order valence-electron chi connectivity index (χ4n) is 1.20. The molecule has 0 aromatic heterocycles. The van der Waals surface area contributed by atoms with Crippen LogP contribution in [0.1, 0.15) is 40.0 Å². The van der Waals surface area contributed by atoms with Crippen LogP contribution in [0, 0.1) is 10.8 Å². The molecule has 0 saturated carbocycles. The molecule has 3 nitrogen and oxygen atoms in total. The van der Waals surface area contributed by atoms with Crippen LogP contribution >= 0.6 is 0 Å². The smallest absolute Gasteiger partial charge is 0.101 e. The molecule has 3 heteroatoms. The first kappa shape index (κ1) is 11.1. The van der Waals surface area contributed by atoms with Crippen LogP contribution < -0.4 is 0 Å². The quantitative estimate of drug-likeness (QED) is 0.425. The van der Waals surface area contributed by atoms with Crippen LogP contribution in [0.25, 0.3) is 0 Å². The van der Waals surface area contributed by atoms with Crippen molar-refractivity contribution in [2.75, 3.05) is 6.54 Å². The molecular weight excluding hydrogens is 150 g/mol. The van der Waals surface area contributed by atoms with Gasteiger partial charge in [-0.3, -0.25) is 10.8 Å². The Bertz CT molecular complexity index is 163. The van der Waals surface area contributed by atoms with Crippen molar-refractivity contribution in [2.45, 2.75) is 40.0 Å². The predicted molar refractivity (Wildman–Crippen MR) is 53.0 cm³/mol. The number of piperidine rings is 1. The Balaban J connectivity index is 0.000000561. The molecule has 0 amide bonds. The summed E-state index contributed by atoms with van der Waals surface area (Å²) in [6.07, 6.45) is 3.08. The largest absolute Gasteiger partial charge is 0.319 e. The summed E-state index contributed by atoms with van der Waals surface area (Å²) in [6, 6.07) is 0. The molecule has 12 heavy (non-hydrogen) atoms. The topological polar surface area (TPSA) is 50.9 Å². The van der Waals surface area contributed by atoms with Crippen molar-refractivity contribution < 1.29 is 0 Å². The van der Waals surface area contributed by atoms with Crippen LogP contribution in [-0.2, 0) is 0 Å². The molecular formula is C9H19N3. The van der Waals surface area contributed by atoms with Crippen LogP contribution in [0.4, 0.5) is 0 Å². The first-order valence-corrected chi connectivity index (χ1v) is 4.62. The van der Waals surface area contributed by atoms with Gasteiger partial charge in [-0.2, -0.15) is 0 Å². The third-order valence-corrected chi connectivity index (χ3v) is 1.78. The van der Waals surface area contributed by atoms with Crippen molar-refractivity contribution >= 4 is 11.7 Å². The Kier molecular flexibility index (Phi) is 5.34. The zero-order valence-corrected chi connectivity index (χ0v) is 8.28. The number of hydrogen-bond donors (Lipinski definition) is 2. The molecule has 1 fully saturated rings. The Morgan fingerprint density at radius 1 is 1.33 bits per heavy atom. The van der Waals surface area contributed by atoms with Gasteiger partial charge in [0.1, 0.15) is 5.84 Å². The highest BCUT2D eigenvalue weighted by Crippen LogP contribution is 2.10. The lowest BCUT2D eigenvalue weighted by atomic mass is 10.1. The molecule has 0 radical (unpaired) electrons. The fraction of sp³-hybridized carbons (Fsp3) is 0.778. The van der Waals surface area contributed by atoms with Gasteiger partial charge >= 0.3 is 0 Å². The van der Waals surface area contributed by atoms with Crippen molar-refractivity contribution in [2.24, 2.45) is 0 Å². The van der Waals surface area contributed by atoms with Gasteiger partial charge in [0.2, 0.25) is 0 Å². The number of likely N-dealkylation sites (tertiary alicyclic amines) is 1. The summed E-state index contributed by atoms with van der Waals surface area (Å²) in [7, 11) is 0. The zero-order chi connectivity index (χ0) is 9.56. The maximum absolute atomic E-state index is 7.46. The highest BCUT2D eigenvalue weighted by atomic mass is 15.2. The lowest BCUT2D eigenvalue weighted by Gasteiger charge is -2.27. The molecule has 1 heterocycles. The van der Waals surface area contributed by atoms with Crippen molar-refractivity contribution in [1.82, 2.24) is 4.90 Å². The molecule has 1 saturated heterocycles. The highest BCUT2D eigenvalue weighted by molar-refractivity contribution is 5.97. The molecule has 0 unspecified atom stereocenters. The van der Waals surface area contributed by atoms with Crippen molar-refractivity contribution in [3.8, 4) is 0 Å². The minimum absolute atomic E-state index is 0.504. The van der Waals surface area contributed by atoms with Crippen LogP contribution in [-0.4, -0.2) is 23.1 Å². The van der Waals surface area contributed by atoms with E-state index in [0.29, 0.717) is 11.7 Å². The summed E-state index contributed by atoms with van der Waals surface area (Å²) >= 11 is 0. The van der Waals surface area contributed by atoms with E-state index >= 15 is 0 Å². The minimum Gasteiger partial charge on any atom is -0.319 e. The van der Waals surface area contributed by atoms with Crippen LogP contribution in [0.5, 0.6) is 0 Å². The Hall–Kier alpha value is -0.860. The normalized spacial score (nSPS) is 16.6. The number of hydrogen-bond acceptors (Lipinski definition) is 2. The van der Waals surface area contributed by atoms with Gasteiger partial charge < -0.3 is 4.90 Å². The predicted octanol–water partition coefficient (Wildman–Crippen LogP) is 2.47. The molecule has 1 aliphatic heterocycles. The maximum Gasteiger partial charge on any atom is 0.101 e.